The highest BCUT2D eigenvalue weighted by Gasteiger charge is 2.37. The molecule has 0 saturated carbocycles. The minimum absolute atomic E-state index is 0.0999. The van der Waals surface area contributed by atoms with E-state index in [2.05, 4.69) is 15.0 Å². The molecule has 3 amide bonds. The fourth-order valence-electron chi connectivity index (χ4n) is 4.61. The van der Waals surface area contributed by atoms with Crippen molar-refractivity contribution in [1.29, 1.82) is 0 Å². The Balaban J connectivity index is 1.57. The predicted octanol–water partition coefficient (Wildman–Crippen LogP) is 1.45. The van der Waals surface area contributed by atoms with E-state index in [1.165, 1.54) is 7.11 Å². The summed E-state index contributed by atoms with van der Waals surface area (Å²) in [6, 6.07) is 3.80. The minimum atomic E-state index is -0.503. The molecule has 176 valence electrons. The Morgan fingerprint density at radius 3 is 2.56 bits per heavy atom. The molecule has 0 atom stereocenters. The van der Waals surface area contributed by atoms with E-state index in [1.807, 2.05) is 17.0 Å². The number of ether oxygens (including phenoxy) is 1. The van der Waals surface area contributed by atoms with Gasteiger partial charge in [0.25, 0.3) is 0 Å². The molecule has 11 heteroatoms. The average Bonchev–Trinajstić information content (AvgIpc) is 2.89. The van der Waals surface area contributed by atoms with Gasteiger partial charge in [-0.1, -0.05) is 0 Å². The number of anilines is 1. The van der Waals surface area contributed by atoms with Gasteiger partial charge in [0.2, 0.25) is 5.91 Å². The van der Waals surface area contributed by atoms with Crippen LogP contribution in [0.15, 0.2) is 30.7 Å². The van der Waals surface area contributed by atoms with Crippen LogP contribution in [0.3, 0.4) is 0 Å². The van der Waals surface area contributed by atoms with E-state index in [0.29, 0.717) is 49.2 Å². The third kappa shape index (κ3) is 3.77. The second-order valence-electron chi connectivity index (χ2n) is 8.43. The van der Waals surface area contributed by atoms with Crippen molar-refractivity contribution in [2.75, 3.05) is 38.8 Å². The van der Waals surface area contributed by atoms with Crippen molar-refractivity contribution in [3.8, 4) is 17.3 Å². The first-order chi connectivity index (χ1) is 16.5. The van der Waals surface area contributed by atoms with Crippen molar-refractivity contribution in [3.63, 3.8) is 0 Å². The molecule has 5 rings (SSSR count). The summed E-state index contributed by atoms with van der Waals surface area (Å²) in [6.07, 6.45) is 6.32. The largest absolute Gasteiger partial charge is 0.467 e. The Morgan fingerprint density at radius 1 is 1.15 bits per heavy atom. The summed E-state index contributed by atoms with van der Waals surface area (Å²) in [6.45, 7) is 0.902. The third-order valence-corrected chi connectivity index (χ3v) is 6.37. The van der Waals surface area contributed by atoms with Crippen LogP contribution in [0, 0.1) is 0 Å². The fourth-order valence-corrected chi connectivity index (χ4v) is 4.61. The van der Waals surface area contributed by atoms with Gasteiger partial charge < -0.3 is 19.6 Å². The normalized spacial score (nSPS) is 16.7. The summed E-state index contributed by atoms with van der Waals surface area (Å²) >= 11 is 0. The molecule has 0 unspecified atom stereocenters. The maximum Gasteiger partial charge on any atom is 0.324 e. The molecule has 5 heterocycles. The third-order valence-electron chi connectivity index (χ3n) is 6.37. The van der Waals surface area contributed by atoms with E-state index >= 15 is 0 Å². The first kappa shape index (κ1) is 22.0. The molecule has 0 radical (unpaired) electrons. The van der Waals surface area contributed by atoms with Crippen LogP contribution in [0.1, 0.15) is 18.4 Å². The predicted molar refractivity (Wildman–Crippen MR) is 123 cm³/mol. The van der Waals surface area contributed by atoms with Gasteiger partial charge in [0, 0.05) is 55.9 Å². The number of urea groups is 1. The summed E-state index contributed by atoms with van der Waals surface area (Å²) in [5, 5.41) is 9.18. The molecule has 11 nitrogen and oxygen atoms in total. The van der Waals surface area contributed by atoms with Crippen molar-refractivity contribution in [2.45, 2.75) is 25.4 Å². The summed E-state index contributed by atoms with van der Waals surface area (Å²) < 4.78 is 5.04. The number of aromatic nitrogens is 4. The zero-order valence-electron chi connectivity index (χ0n) is 19.0. The number of pyridine rings is 2. The molecule has 34 heavy (non-hydrogen) atoms. The topological polar surface area (TPSA) is 125 Å². The second-order valence-corrected chi connectivity index (χ2v) is 8.43. The van der Waals surface area contributed by atoms with Gasteiger partial charge in [0.15, 0.2) is 0 Å². The van der Waals surface area contributed by atoms with Crippen LogP contribution in [0.5, 0.6) is 6.01 Å². The van der Waals surface area contributed by atoms with Crippen LogP contribution in [-0.4, -0.2) is 86.7 Å². The highest BCUT2D eigenvalue weighted by molar-refractivity contribution is 6.04. The standard InChI is InChI=1S/C23H25N7O4/c1-28-12-15-11-24-18-4-3-17(14-9-25-22(34-2)26-10-14)27-20(18)21(15)30(23(28)33)16-5-7-29(8-6-16)19(32)13-31/h3-4,9-11,16,31H,5-8,12-13H2,1-2H3. The lowest BCUT2D eigenvalue weighted by Gasteiger charge is -2.43. The summed E-state index contributed by atoms with van der Waals surface area (Å²) in [4.78, 5) is 48.2. The highest BCUT2D eigenvalue weighted by atomic mass is 16.5. The van der Waals surface area contributed by atoms with Crippen LogP contribution in [0.2, 0.25) is 0 Å². The number of aliphatic hydroxyl groups excluding tert-OH is 1. The molecule has 0 aromatic carbocycles. The van der Waals surface area contributed by atoms with Crippen LogP contribution < -0.4 is 9.64 Å². The smallest absolute Gasteiger partial charge is 0.324 e. The summed E-state index contributed by atoms with van der Waals surface area (Å²) in [7, 11) is 3.28. The Hall–Kier alpha value is -3.86. The highest BCUT2D eigenvalue weighted by Crippen LogP contribution is 2.37. The van der Waals surface area contributed by atoms with Gasteiger partial charge >= 0.3 is 12.0 Å². The number of fused-ring (bicyclic) bond motifs is 3. The number of hydrogen-bond donors (Lipinski definition) is 1. The van der Waals surface area contributed by atoms with Gasteiger partial charge in [0.1, 0.15) is 12.1 Å². The maximum absolute atomic E-state index is 13.4. The van der Waals surface area contributed by atoms with Crippen LogP contribution >= 0.6 is 0 Å². The van der Waals surface area contributed by atoms with Gasteiger partial charge in [-0.15, -0.1) is 0 Å². The SMILES string of the molecule is COc1ncc(-c2ccc3ncc4c(c3n2)N(C2CCN(C(=O)CO)CC2)C(=O)N(C)C4)cn1. The number of aliphatic hydroxyl groups is 1. The first-order valence-electron chi connectivity index (χ1n) is 11.1. The monoisotopic (exact) mass is 463 g/mol. The van der Waals surface area contributed by atoms with Crippen molar-refractivity contribution in [1.82, 2.24) is 29.7 Å². The molecule has 2 aliphatic heterocycles. The lowest BCUT2D eigenvalue weighted by molar-refractivity contribution is -0.135. The Kier molecular flexibility index (Phi) is 5.70. The molecule has 1 N–H and O–H groups in total. The molecular weight excluding hydrogens is 438 g/mol. The molecule has 0 aliphatic carbocycles. The number of rotatable bonds is 4. The second kappa shape index (κ2) is 8.82. The maximum atomic E-state index is 13.4. The van der Waals surface area contributed by atoms with Gasteiger partial charge in [-0.05, 0) is 25.0 Å². The number of carbonyl (C=O) groups is 2. The lowest BCUT2D eigenvalue weighted by atomic mass is 9.99. The van der Waals surface area contributed by atoms with E-state index in [4.69, 9.17) is 9.72 Å². The quantitative estimate of drug-likeness (QED) is 0.616. The number of piperidine rings is 1. The van der Waals surface area contributed by atoms with E-state index in [1.54, 1.807) is 35.4 Å². The first-order valence-corrected chi connectivity index (χ1v) is 11.1. The van der Waals surface area contributed by atoms with Crippen molar-refractivity contribution in [2.24, 2.45) is 0 Å². The number of carbonyl (C=O) groups excluding carboxylic acids is 2. The molecule has 0 bridgehead atoms. The molecular formula is C23H25N7O4. The van der Waals surface area contributed by atoms with E-state index < -0.39 is 6.61 Å². The zero-order chi connectivity index (χ0) is 23.8. The molecule has 0 spiro atoms. The Morgan fingerprint density at radius 2 is 1.88 bits per heavy atom. The Bertz CT molecular complexity index is 1240. The van der Waals surface area contributed by atoms with Gasteiger partial charge in [-0.25, -0.2) is 19.7 Å². The van der Waals surface area contributed by atoms with E-state index in [-0.39, 0.29) is 24.0 Å². The number of amides is 3. The molecule has 3 aromatic heterocycles. The van der Waals surface area contributed by atoms with Crippen LogP contribution in [0.4, 0.5) is 10.5 Å². The molecule has 1 fully saturated rings. The zero-order valence-corrected chi connectivity index (χ0v) is 19.0. The molecule has 3 aromatic rings. The van der Waals surface area contributed by atoms with Crippen LogP contribution in [-0.2, 0) is 11.3 Å². The van der Waals surface area contributed by atoms with Crippen molar-refractivity contribution in [3.05, 3.63) is 36.3 Å². The number of methoxy groups -OCH3 is 1. The summed E-state index contributed by atoms with van der Waals surface area (Å²) in [5.74, 6) is -0.288. The lowest BCUT2D eigenvalue weighted by Crippen LogP contribution is -2.54. The molecule has 2 aliphatic rings. The number of likely N-dealkylation sites (tertiary alicyclic amines) is 1. The van der Waals surface area contributed by atoms with E-state index in [9.17, 15) is 14.7 Å². The van der Waals surface area contributed by atoms with Crippen molar-refractivity contribution < 1.29 is 19.4 Å². The van der Waals surface area contributed by atoms with Crippen LogP contribution in [0.25, 0.3) is 22.3 Å². The van der Waals surface area contributed by atoms with Gasteiger partial charge in [0.05, 0.1) is 30.6 Å². The fraction of sp³-hybridized carbons (Fsp3) is 0.391. The number of hydrogen-bond acceptors (Lipinski definition) is 8. The average molecular weight is 463 g/mol. The van der Waals surface area contributed by atoms with Gasteiger partial charge in [-0.3, -0.25) is 14.7 Å². The number of nitrogens with zero attached hydrogens (tertiary/aromatic N) is 7. The molecule has 1 saturated heterocycles. The van der Waals surface area contributed by atoms with E-state index in [0.717, 1.165) is 16.8 Å². The minimum Gasteiger partial charge on any atom is -0.467 e. The van der Waals surface area contributed by atoms with Crippen molar-refractivity contribution >= 4 is 28.7 Å². The summed E-state index contributed by atoms with van der Waals surface area (Å²) in [5.41, 5.74) is 4.39. The van der Waals surface area contributed by atoms with Gasteiger partial charge in [-0.2, -0.15) is 0 Å². The Labute approximate surface area is 196 Å².